The fourth-order valence-corrected chi connectivity index (χ4v) is 1.94. The lowest BCUT2D eigenvalue weighted by molar-refractivity contribution is 0.409. The Bertz CT molecular complexity index is 414. The maximum absolute atomic E-state index is 11.1. The Labute approximate surface area is 88.1 Å². The van der Waals surface area contributed by atoms with Gasteiger partial charge in [0.15, 0.2) is 0 Å². The van der Waals surface area contributed by atoms with Gasteiger partial charge in [-0.1, -0.05) is 18.2 Å². The van der Waals surface area contributed by atoms with Gasteiger partial charge in [-0.3, -0.25) is 0 Å². The van der Waals surface area contributed by atoms with Crippen molar-refractivity contribution >= 4 is 19.7 Å². The van der Waals surface area contributed by atoms with Crippen molar-refractivity contribution in [2.45, 2.75) is 12.2 Å². The molecular formula is C9H11ClO3S. The summed E-state index contributed by atoms with van der Waals surface area (Å²) >= 11 is 0. The molecule has 0 aliphatic rings. The fourth-order valence-electron chi connectivity index (χ4n) is 1.15. The summed E-state index contributed by atoms with van der Waals surface area (Å²) in [5, 5.41) is -0.764. The number of hydrogen-bond donors (Lipinski definition) is 0. The Morgan fingerprint density at radius 2 is 1.93 bits per heavy atom. The third-order valence-electron chi connectivity index (χ3n) is 2.00. The van der Waals surface area contributed by atoms with Gasteiger partial charge in [-0.05, 0) is 13.0 Å². The van der Waals surface area contributed by atoms with Crippen molar-refractivity contribution < 1.29 is 13.2 Å². The fraction of sp³-hybridized carbons (Fsp3) is 0.333. The Hall–Kier alpha value is -0.740. The molecule has 5 heteroatoms. The molecule has 1 unspecified atom stereocenters. The molecule has 0 saturated carbocycles. The summed E-state index contributed by atoms with van der Waals surface area (Å²) in [7, 11) is 3.16. The summed E-state index contributed by atoms with van der Waals surface area (Å²) in [6.45, 7) is 1.53. The van der Waals surface area contributed by atoms with Gasteiger partial charge in [0.05, 0.1) is 7.11 Å². The second-order valence-electron chi connectivity index (χ2n) is 2.86. The van der Waals surface area contributed by atoms with Crippen LogP contribution in [0, 0.1) is 0 Å². The molecule has 78 valence electrons. The Kier molecular flexibility index (Phi) is 3.39. The Morgan fingerprint density at radius 1 is 1.36 bits per heavy atom. The summed E-state index contributed by atoms with van der Waals surface area (Å²) < 4.78 is 27.3. The van der Waals surface area contributed by atoms with Crippen LogP contribution in [0.2, 0.25) is 0 Å². The van der Waals surface area contributed by atoms with Gasteiger partial charge in [-0.25, -0.2) is 8.42 Å². The first-order valence-electron chi connectivity index (χ1n) is 4.03. The van der Waals surface area contributed by atoms with Gasteiger partial charge < -0.3 is 4.74 Å². The maximum Gasteiger partial charge on any atom is 0.239 e. The summed E-state index contributed by atoms with van der Waals surface area (Å²) in [6.07, 6.45) is 0. The van der Waals surface area contributed by atoms with E-state index in [9.17, 15) is 8.42 Å². The SMILES string of the molecule is COc1ccccc1C(C)S(=O)(=O)Cl. The summed E-state index contributed by atoms with van der Waals surface area (Å²) in [4.78, 5) is 0. The lowest BCUT2D eigenvalue weighted by Crippen LogP contribution is -2.04. The highest BCUT2D eigenvalue weighted by atomic mass is 35.7. The molecule has 0 N–H and O–H groups in total. The molecular weight excluding hydrogens is 224 g/mol. The van der Waals surface area contributed by atoms with Crippen molar-refractivity contribution in [2.75, 3.05) is 7.11 Å². The van der Waals surface area contributed by atoms with E-state index in [1.54, 1.807) is 24.3 Å². The van der Waals surface area contributed by atoms with Crippen LogP contribution in [0.25, 0.3) is 0 Å². The van der Waals surface area contributed by atoms with Gasteiger partial charge >= 0.3 is 0 Å². The highest BCUT2D eigenvalue weighted by Gasteiger charge is 2.22. The van der Waals surface area contributed by atoms with Gasteiger partial charge in [0.1, 0.15) is 11.0 Å². The standard InChI is InChI=1S/C9H11ClO3S/c1-7(14(10,11)12)8-5-3-4-6-9(8)13-2/h3-7H,1-2H3. The number of rotatable bonds is 3. The van der Waals surface area contributed by atoms with E-state index in [2.05, 4.69) is 0 Å². The molecule has 0 heterocycles. The molecule has 14 heavy (non-hydrogen) atoms. The van der Waals surface area contributed by atoms with Gasteiger partial charge in [-0.2, -0.15) is 0 Å². The minimum atomic E-state index is -3.60. The summed E-state index contributed by atoms with van der Waals surface area (Å²) in [5.74, 6) is 0.532. The molecule has 0 aliphatic carbocycles. The molecule has 0 saturated heterocycles. The first kappa shape index (κ1) is 11.3. The van der Waals surface area contributed by atoms with E-state index >= 15 is 0 Å². The van der Waals surface area contributed by atoms with E-state index < -0.39 is 14.3 Å². The molecule has 0 spiro atoms. The topological polar surface area (TPSA) is 43.4 Å². The van der Waals surface area contributed by atoms with E-state index in [1.165, 1.54) is 14.0 Å². The van der Waals surface area contributed by atoms with Crippen LogP contribution in [0.1, 0.15) is 17.7 Å². The molecule has 0 aliphatic heterocycles. The van der Waals surface area contributed by atoms with Crippen LogP contribution in [-0.2, 0) is 9.05 Å². The van der Waals surface area contributed by atoms with Crippen LogP contribution < -0.4 is 4.74 Å². The van der Waals surface area contributed by atoms with Crippen LogP contribution in [-0.4, -0.2) is 15.5 Å². The molecule has 0 fully saturated rings. The Balaban J connectivity index is 3.19. The van der Waals surface area contributed by atoms with Crippen LogP contribution in [0.3, 0.4) is 0 Å². The summed E-state index contributed by atoms with van der Waals surface area (Å²) in [5.41, 5.74) is 0.574. The lowest BCUT2D eigenvalue weighted by Gasteiger charge is -2.12. The highest BCUT2D eigenvalue weighted by Crippen LogP contribution is 2.31. The second-order valence-corrected chi connectivity index (χ2v) is 5.81. The zero-order valence-corrected chi connectivity index (χ0v) is 9.47. The molecule has 0 radical (unpaired) electrons. The third kappa shape index (κ3) is 2.39. The van der Waals surface area contributed by atoms with Gasteiger partial charge in [-0.15, -0.1) is 0 Å². The average molecular weight is 235 g/mol. The highest BCUT2D eigenvalue weighted by molar-refractivity contribution is 8.13. The minimum absolute atomic E-state index is 0.532. The molecule has 1 rings (SSSR count). The zero-order valence-electron chi connectivity index (χ0n) is 7.90. The van der Waals surface area contributed by atoms with E-state index in [1.807, 2.05) is 0 Å². The van der Waals surface area contributed by atoms with Crippen molar-refractivity contribution in [2.24, 2.45) is 0 Å². The lowest BCUT2D eigenvalue weighted by atomic mass is 10.1. The smallest absolute Gasteiger partial charge is 0.239 e. The normalized spacial score (nSPS) is 13.6. The predicted octanol–water partition coefficient (Wildman–Crippen LogP) is 2.32. The van der Waals surface area contributed by atoms with Crippen molar-refractivity contribution in [3.05, 3.63) is 29.8 Å². The molecule has 1 atom stereocenters. The average Bonchev–Trinajstić information content (AvgIpc) is 2.15. The molecule has 0 aromatic heterocycles. The van der Waals surface area contributed by atoms with Gasteiger partial charge in [0.25, 0.3) is 0 Å². The number of para-hydroxylation sites is 1. The first-order valence-corrected chi connectivity index (χ1v) is 6.40. The van der Waals surface area contributed by atoms with Crippen molar-refractivity contribution in [1.29, 1.82) is 0 Å². The third-order valence-corrected chi connectivity index (χ3v) is 3.90. The maximum atomic E-state index is 11.1. The van der Waals surface area contributed by atoms with E-state index in [4.69, 9.17) is 15.4 Å². The van der Waals surface area contributed by atoms with E-state index in [-0.39, 0.29) is 0 Å². The van der Waals surface area contributed by atoms with Crippen LogP contribution in [0.5, 0.6) is 5.75 Å². The number of halogens is 1. The molecule has 3 nitrogen and oxygen atoms in total. The monoisotopic (exact) mass is 234 g/mol. The van der Waals surface area contributed by atoms with Crippen LogP contribution in [0.15, 0.2) is 24.3 Å². The molecule has 1 aromatic carbocycles. The van der Waals surface area contributed by atoms with Crippen molar-refractivity contribution in [1.82, 2.24) is 0 Å². The molecule has 1 aromatic rings. The summed E-state index contributed by atoms with van der Waals surface area (Å²) in [6, 6.07) is 6.91. The molecule has 0 amide bonds. The minimum Gasteiger partial charge on any atom is -0.496 e. The largest absolute Gasteiger partial charge is 0.496 e. The van der Waals surface area contributed by atoms with Crippen molar-refractivity contribution in [3.63, 3.8) is 0 Å². The molecule has 0 bridgehead atoms. The van der Waals surface area contributed by atoms with E-state index in [0.29, 0.717) is 11.3 Å². The Morgan fingerprint density at radius 3 is 2.43 bits per heavy atom. The number of methoxy groups -OCH3 is 1. The number of hydrogen-bond acceptors (Lipinski definition) is 3. The quantitative estimate of drug-likeness (QED) is 0.754. The van der Waals surface area contributed by atoms with Gasteiger partial charge in [0.2, 0.25) is 9.05 Å². The zero-order chi connectivity index (χ0) is 10.8. The van der Waals surface area contributed by atoms with E-state index in [0.717, 1.165) is 0 Å². The van der Waals surface area contributed by atoms with Crippen molar-refractivity contribution in [3.8, 4) is 5.75 Å². The van der Waals surface area contributed by atoms with Crippen LogP contribution in [0.4, 0.5) is 0 Å². The first-order chi connectivity index (χ1) is 6.46. The second kappa shape index (κ2) is 4.19. The number of benzene rings is 1. The van der Waals surface area contributed by atoms with Gasteiger partial charge in [0, 0.05) is 16.2 Å². The predicted molar refractivity (Wildman–Crippen MR) is 56.2 cm³/mol. The number of ether oxygens (including phenoxy) is 1. The van der Waals surface area contributed by atoms with Crippen LogP contribution >= 0.6 is 10.7 Å².